The van der Waals surface area contributed by atoms with Gasteiger partial charge in [0.15, 0.2) is 0 Å². The number of nitrogens with zero attached hydrogens (tertiary/aromatic N) is 1. The molecule has 0 radical (unpaired) electrons. The Balaban J connectivity index is 2.52. The first-order valence-electron chi connectivity index (χ1n) is 7.11. The number of nitrogens with one attached hydrogen (secondary N) is 1. The lowest BCUT2D eigenvalue weighted by atomic mass is 9.84. The van der Waals surface area contributed by atoms with Crippen LogP contribution in [-0.2, 0) is 4.79 Å². The maximum absolute atomic E-state index is 12.2. The molecule has 0 aromatic rings. The SMILES string of the molecule is CC(NC1CCCCC1CO)C(=O)N(C)C(C)C. The Morgan fingerprint density at radius 1 is 1.33 bits per heavy atom. The first kappa shape index (κ1) is 15.4. The molecule has 1 aliphatic rings. The Kier molecular flexibility index (Phi) is 6.09. The predicted molar refractivity (Wildman–Crippen MR) is 73.3 cm³/mol. The molecule has 1 saturated carbocycles. The number of hydrogen-bond acceptors (Lipinski definition) is 3. The number of carbonyl (C=O) groups excluding carboxylic acids is 1. The predicted octanol–water partition coefficient (Wildman–Crippen LogP) is 1.38. The minimum atomic E-state index is -0.172. The lowest BCUT2D eigenvalue weighted by Crippen LogP contribution is -2.52. The van der Waals surface area contributed by atoms with Crippen LogP contribution in [0.4, 0.5) is 0 Å². The molecule has 0 bridgehead atoms. The highest BCUT2D eigenvalue weighted by molar-refractivity contribution is 5.81. The third kappa shape index (κ3) is 3.95. The van der Waals surface area contributed by atoms with Crippen LogP contribution in [0.1, 0.15) is 46.5 Å². The van der Waals surface area contributed by atoms with Crippen molar-refractivity contribution in [1.82, 2.24) is 10.2 Å². The normalized spacial score (nSPS) is 26.1. The zero-order valence-corrected chi connectivity index (χ0v) is 12.1. The topological polar surface area (TPSA) is 52.6 Å². The van der Waals surface area contributed by atoms with E-state index in [2.05, 4.69) is 5.32 Å². The summed E-state index contributed by atoms with van der Waals surface area (Å²) in [6.07, 6.45) is 4.51. The van der Waals surface area contributed by atoms with Gasteiger partial charge in [0.2, 0.25) is 5.91 Å². The molecule has 0 aliphatic heterocycles. The Bertz CT molecular complexity index is 269. The molecule has 0 saturated heterocycles. The quantitative estimate of drug-likeness (QED) is 0.781. The molecule has 1 rings (SSSR count). The maximum atomic E-state index is 12.2. The lowest BCUT2D eigenvalue weighted by molar-refractivity contribution is -0.133. The van der Waals surface area contributed by atoms with Crippen molar-refractivity contribution in [1.29, 1.82) is 0 Å². The van der Waals surface area contributed by atoms with Gasteiger partial charge in [-0.1, -0.05) is 12.8 Å². The first-order valence-corrected chi connectivity index (χ1v) is 7.11. The molecule has 0 aromatic carbocycles. The van der Waals surface area contributed by atoms with Crippen LogP contribution in [0.25, 0.3) is 0 Å². The highest BCUT2D eigenvalue weighted by atomic mass is 16.3. The average Bonchev–Trinajstić information content (AvgIpc) is 2.37. The Morgan fingerprint density at radius 3 is 2.50 bits per heavy atom. The van der Waals surface area contributed by atoms with Crippen molar-refractivity contribution in [3.05, 3.63) is 0 Å². The number of likely N-dealkylation sites (N-methyl/N-ethyl adjacent to an activating group) is 1. The smallest absolute Gasteiger partial charge is 0.239 e. The number of aliphatic hydroxyl groups excluding tert-OH is 1. The van der Waals surface area contributed by atoms with E-state index in [1.54, 1.807) is 4.90 Å². The molecule has 3 unspecified atom stereocenters. The van der Waals surface area contributed by atoms with Crippen LogP contribution < -0.4 is 5.32 Å². The van der Waals surface area contributed by atoms with Crippen molar-refractivity contribution in [2.24, 2.45) is 5.92 Å². The van der Waals surface area contributed by atoms with E-state index in [1.807, 2.05) is 27.8 Å². The molecule has 0 heterocycles. The van der Waals surface area contributed by atoms with Crippen LogP contribution in [0.2, 0.25) is 0 Å². The Morgan fingerprint density at radius 2 is 1.94 bits per heavy atom. The van der Waals surface area contributed by atoms with E-state index in [-0.39, 0.29) is 30.6 Å². The Labute approximate surface area is 111 Å². The summed E-state index contributed by atoms with van der Waals surface area (Å²) in [4.78, 5) is 13.9. The van der Waals surface area contributed by atoms with Gasteiger partial charge in [-0.3, -0.25) is 4.79 Å². The van der Waals surface area contributed by atoms with E-state index in [0.29, 0.717) is 5.92 Å². The average molecular weight is 256 g/mol. The number of hydrogen-bond donors (Lipinski definition) is 2. The molecule has 1 fully saturated rings. The fraction of sp³-hybridized carbons (Fsp3) is 0.929. The van der Waals surface area contributed by atoms with E-state index in [0.717, 1.165) is 12.8 Å². The summed E-state index contributed by atoms with van der Waals surface area (Å²) in [6.45, 7) is 6.17. The van der Waals surface area contributed by atoms with Gasteiger partial charge in [-0.25, -0.2) is 0 Å². The van der Waals surface area contributed by atoms with E-state index in [9.17, 15) is 9.90 Å². The van der Waals surface area contributed by atoms with Crippen molar-refractivity contribution >= 4 is 5.91 Å². The first-order chi connectivity index (χ1) is 8.47. The van der Waals surface area contributed by atoms with Gasteiger partial charge in [0.05, 0.1) is 6.04 Å². The van der Waals surface area contributed by atoms with E-state index >= 15 is 0 Å². The second kappa shape index (κ2) is 7.10. The van der Waals surface area contributed by atoms with Crippen molar-refractivity contribution in [3.8, 4) is 0 Å². The van der Waals surface area contributed by atoms with E-state index in [1.165, 1.54) is 12.8 Å². The van der Waals surface area contributed by atoms with Crippen LogP contribution in [0.15, 0.2) is 0 Å². The lowest BCUT2D eigenvalue weighted by Gasteiger charge is -2.34. The summed E-state index contributed by atoms with van der Waals surface area (Å²) in [5.41, 5.74) is 0. The second-order valence-electron chi connectivity index (χ2n) is 5.76. The summed E-state index contributed by atoms with van der Waals surface area (Å²) >= 11 is 0. The van der Waals surface area contributed by atoms with Crippen molar-refractivity contribution < 1.29 is 9.90 Å². The van der Waals surface area contributed by atoms with Crippen LogP contribution in [-0.4, -0.2) is 47.7 Å². The molecule has 2 N–H and O–H groups in total. The molecule has 1 aliphatic carbocycles. The van der Waals surface area contributed by atoms with Gasteiger partial charge in [0.1, 0.15) is 0 Å². The Hall–Kier alpha value is -0.610. The molecule has 18 heavy (non-hydrogen) atoms. The summed E-state index contributed by atoms with van der Waals surface area (Å²) in [6, 6.07) is 0.333. The number of rotatable bonds is 5. The van der Waals surface area contributed by atoms with Gasteiger partial charge < -0.3 is 15.3 Å². The maximum Gasteiger partial charge on any atom is 0.239 e. The van der Waals surface area contributed by atoms with Crippen molar-refractivity contribution in [2.75, 3.05) is 13.7 Å². The molecular formula is C14H28N2O2. The van der Waals surface area contributed by atoms with Crippen molar-refractivity contribution in [3.63, 3.8) is 0 Å². The highest BCUT2D eigenvalue weighted by Gasteiger charge is 2.28. The molecule has 3 atom stereocenters. The summed E-state index contributed by atoms with van der Waals surface area (Å²) in [5.74, 6) is 0.436. The molecule has 4 nitrogen and oxygen atoms in total. The molecule has 0 spiro atoms. The monoisotopic (exact) mass is 256 g/mol. The van der Waals surface area contributed by atoms with Gasteiger partial charge in [0, 0.05) is 25.7 Å². The zero-order valence-electron chi connectivity index (χ0n) is 12.1. The summed E-state index contributed by atoms with van der Waals surface area (Å²) in [5, 5.41) is 12.8. The summed E-state index contributed by atoms with van der Waals surface area (Å²) < 4.78 is 0. The van der Waals surface area contributed by atoms with Gasteiger partial charge >= 0.3 is 0 Å². The minimum Gasteiger partial charge on any atom is -0.396 e. The molecule has 1 amide bonds. The third-order valence-corrected chi connectivity index (χ3v) is 4.10. The van der Waals surface area contributed by atoms with Crippen LogP contribution in [0.3, 0.4) is 0 Å². The summed E-state index contributed by atoms with van der Waals surface area (Å²) in [7, 11) is 1.84. The fourth-order valence-corrected chi connectivity index (χ4v) is 2.60. The second-order valence-corrected chi connectivity index (χ2v) is 5.76. The van der Waals surface area contributed by atoms with Gasteiger partial charge in [0.25, 0.3) is 0 Å². The molecule has 4 heteroatoms. The number of aliphatic hydroxyl groups is 1. The largest absolute Gasteiger partial charge is 0.396 e. The van der Waals surface area contributed by atoms with E-state index < -0.39 is 0 Å². The van der Waals surface area contributed by atoms with Crippen LogP contribution >= 0.6 is 0 Å². The zero-order chi connectivity index (χ0) is 13.7. The number of amides is 1. The fourth-order valence-electron chi connectivity index (χ4n) is 2.60. The van der Waals surface area contributed by atoms with Gasteiger partial charge in [-0.2, -0.15) is 0 Å². The minimum absolute atomic E-state index is 0.132. The van der Waals surface area contributed by atoms with Gasteiger partial charge in [-0.15, -0.1) is 0 Å². The standard InChI is InChI=1S/C14H28N2O2/c1-10(2)16(4)14(18)11(3)15-13-8-6-5-7-12(13)9-17/h10-13,15,17H,5-9H2,1-4H3. The molecule has 0 aromatic heterocycles. The van der Waals surface area contributed by atoms with Crippen molar-refractivity contribution in [2.45, 2.75) is 64.6 Å². The molecule has 106 valence electrons. The number of carbonyl (C=O) groups is 1. The molecular weight excluding hydrogens is 228 g/mol. The third-order valence-electron chi connectivity index (χ3n) is 4.10. The van der Waals surface area contributed by atoms with Crippen LogP contribution in [0.5, 0.6) is 0 Å². The van der Waals surface area contributed by atoms with Gasteiger partial charge in [-0.05, 0) is 39.5 Å². The highest BCUT2D eigenvalue weighted by Crippen LogP contribution is 2.24. The van der Waals surface area contributed by atoms with Crippen LogP contribution in [0, 0.1) is 5.92 Å². The van der Waals surface area contributed by atoms with E-state index in [4.69, 9.17) is 0 Å².